The minimum atomic E-state index is 0.302. The van der Waals surface area contributed by atoms with Crippen molar-refractivity contribution in [2.24, 2.45) is 10.7 Å². The van der Waals surface area contributed by atoms with Gasteiger partial charge in [0, 0.05) is 11.8 Å². The number of hydrogen-bond acceptors (Lipinski definition) is 4. The summed E-state index contributed by atoms with van der Waals surface area (Å²) in [5.74, 6) is 1.56. The number of rotatable bonds is 6. The molecule has 0 fully saturated rings. The summed E-state index contributed by atoms with van der Waals surface area (Å²) in [4.78, 5) is 4.38. The number of guanidine groups is 1. The maximum absolute atomic E-state index is 9.26. The molecule has 146 valence electrons. The van der Waals surface area contributed by atoms with Crippen LogP contribution in [-0.4, -0.2) is 20.2 Å². The molecule has 0 aromatic heterocycles. The fraction of sp³-hybridized carbons (Fsp3) is 0.130. The Morgan fingerprint density at radius 1 is 1.00 bits per heavy atom. The van der Waals surface area contributed by atoms with Crippen molar-refractivity contribution in [2.75, 3.05) is 19.5 Å². The summed E-state index contributed by atoms with van der Waals surface area (Å²) >= 11 is 0. The number of anilines is 1. The minimum absolute atomic E-state index is 0.302. The minimum Gasteiger partial charge on any atom is -0.493 e. The van der Waals surface area contributed by atoms with Crippen LogP contribution in [0.4, 0.5) is 5.69 Å². The number of hydrogen-bond donors (Lipinski definition) is 2. The van der Waals surface area contributed by atoms with Gasteiger partial charge >= 0.3 is 0 Å². The molecule has 0 heterocycles. The van der Waals surface area contributed by atoms with Crippen molar-refractivity contribution in [3.8, 4) is 28.7 Å². The van der Waals surface area contributed by atoms with Gasteiger partial charge in [-0.05, 0) is 34.9 Å². The lowest BCUT2D eigenvalue weighted by atomic mass is 9.99. The molecule has 0 aliphatic heterocycles. The lowest BCUT2D eigenvalue weighted by Crippen LogP contribution is -2.22. The third kappa shape index (κ3) is 4.85. The molecule has 3 aromatic rings. The first-order chi connectivity index (χ1) is 14.1. The Morgan fingerprint density at radius 2 is 1.72 bits per heavy atom. The van der Waals surface area contributed by atoms with Gasteiger partial charge in [0.15, 0.2) is 17.5 Å². The van der Waals surface area contributed by atoms with Gasteiger partial charge in [0.05, 0.1) is 32.4 Å². The van der Waals surface area contributed by atoms with E-state index in [9.17, 15) is 5.26 Å². The van der Waals surface area contributed by atoms with E-state index in [-0.39, 0.29) is 0 Å². The molecule has 0 spiro atoms. The van der Waals surface area contributed by atoms with E-state index in [0.717, 1.165) is 22.4 Å². The fourth-order valence-electron chi connectivity index (χ4n) is 2.90. The van der Waals surface area contributed by atoms with E-state index in [1.807, 2.05) is 54.6 Å². The lowest BCUT2D eigenvalue weighted by Gasteiger charge is -2.11. The van der Waals surface area contributed by atoms with Crippen LogP contribution >= 0.6 is 0 Å². The number of benzene rings is 3. The summed E-state index contributed by atoms with van der Waals surface area (Å²) in [6, 6.07) is 23.1. The molecule has 6 nitrogen and oxygen atoms in total. The van der Waals surface area contributed by atoms with Gasteiger partial charge in [0.1, 0.15) is 0 Å². The second-order valence-electron chi connectivity index (χ2n) is 6.25. The van der Waals surface area contributed by atoms with E-state index in [4.69, 9.17) is 15.2 Å². The van der Waals surface area contributed by atoms with Crippen molar-refractivity contribution in [1.29, 1.82) is 5.26 Å². The molecule has 6 heteroatoms. The van der Waals surface area contributed by atoms with E-state index >= 15 is 0 Å². The average molecular weight is 386 g/mol. The van der Waals surface area contributed by atoms with E-state index in [1.165, 1.54) is 0 Å². The van der Waals surface area contributed by atoms with Gasteiger partial charge in [-0.2, -0.15) is 5.26 Å². The van der Waals surface area contributed by atoms with Crippen molar-refractivity contribution >= 4 is 11.6 Å². The second kappa shape index (κ2) is 9.29. The van der Waals surface area contributed by atoms with Gasteiger partial charge < -0.3 is 20.5 Å². The Labute approximate surface area is 170 Å². The second-order valence-corrected chi connectivity index (χ2v) is 6.25. The SMILES string of the molecule is COc1ccc(NC(N)=NCc2ccc(-c3ccccc3C#N)cc2)cc1OC. The molecule has 0 aliphatic carbocycles. The standard InChI is InChI=1S/C23H22N4O2/c1-28-21-12-11-19(13-22(21)29-2)27-23(25)26-15-16-7-9-17(10-8-16)20-6-4-3-5-18(20)14-24/h3-13H,15H2,1-2H3,(H3,25,26,27). The normalized spacial score (nSPS) is 10.9. The molecule has 0 bridgehead atoms. The highest BCUT2D eigenvalue weighted by molar-refractivity contribution is 5.92. The number of nitrogens with one attached hydrogen (secondary N) is 1. The van der Waals surface area contributed by atoms with Crippen LogP contribution in [0.25, 0.3) is 11.1 Å². The third-order valence-electron chi connectivity index (χ3n) is 4.40. The predicted molar refractivity (Wildman–Crippen MR) is 115 cm³/mol. The first-order valence-corrected chi connectivity index (χ1v) is 9.02. The van der Waals surface area contributed by atoms with Crippen molar-refractivity contribution in [2.45, 2.75) is 6.54 Å². The zero-order chi connectivity index (χ0) is 20.6. The van der Waals surface area contributed by atoms with Gasteiger partial charge in [-0.3, -0.25) is 0 Å². The highest BCUT2D eigenvalue weighted by Crippen LogP contribution is 2.29. The van der Waals surface area contributed by atoms with Crippen LogP contribution < -0.4 is 20.5 Å². The van der Waals surface area contributed by atoms with Gasteiger partial charge in [-0.1, -0.05) is 42.5 Å². The Morgan fingerprint density at radius 3 is 2.41 bits per heavy atom. The zero-order valence-corrected chi connectivity index (χ0v) is 16.3. The molecule has 0 radical (unpaired) electrons. The van der Waals surface area contributed by atoms with Crippen molar-refractivity contribution in [1.82, 2.24) is 0 Å². The highest BCUT2D eigenvalue weighted by Gasteiger charge is 2.06. The molecule has 0 saturated heterocycles. The summed E-state index contributed by atoms with van der Waals surface area (Å²) in [5, 5.41) is 12.3. The number of aliphatic imine (C=N–C) groups is 1. The summed E-state index contributed by atoms with van der Waals surface area (Å²) in [6.45, 7) is 0.437. The Bertz CT molecular complexity index is 1050. The molecule has 3 aromatic carbocycles. The molecule has 3 rings (SSSR count). The quantitative estimate of drug-likeness (QED) is 0.490. The molecule has 3 N–H and O–H groups in total. The van der Waals surface area contributed by atoms with Crippen LogP contribution in [0.15, 0.2) is 71.7 Å². The average Bonchev–Trinajstić information content (AvgIpc) is 2.78. The van der Waals surface area contributed by atoms with Crippen LogP contribution in [0.1, 0.15) is 11.1 Å². The van der Waals surface area contributed by atoms with Gasteiger partial charge in [-0.15, -0.1) is 0 Å². The summed E-state index contributed by atoms with van der Waals surface area (Å²) in [6.07, 6.45) is 0. The van der Waals surface area contributed by atoms with Crippen LogP contribution in [0, 0.1) is 11.3 Å². The summed E-state index contributed by atoms with van der Waals surface area (Å²) in [7, 11) is 3.17. The van der Waals surface area contributed by atoms with Gasteiger partial charge in [0.2, 0.25) is 0 Å². The van der Waals surface area contributed by atoms with Gasteiger partial charge in [0.25, 0.3) is 0 Å². The molecule has 0 aliphatic rings. The smallest absolute Gasteiger partial charge is 0.193 e. The maximum atomic E-state index is 9.26. The number of nitriles is 1. The topological polar surface area (TPSA) is 92.7 Å². The largest absolute Gasteiger partial charge is 0.493 e. The number of ether oxygens (including phenoxy) is 2. The van der Waals surface area contributed by atoms with E-state index in [2.05, 4.69) is 16.4 Å². The van der Waals surface area contributed by atoms with Crippen LogP contribution in [-0.2, 0) is 6.54 Å². The van der Waals surface area contributed by atoms with E-state index in [0.29, 0.717) is 29.6 Å². The van der Waals surface area contributed by atoms with Gasteiger partial charge in [-0.25, -0.2) is 4.99 Å². The Kier molecular flexibility index (Phi) is 6.33. The molecular weight excluding hydrogens is 364 g/mol. The summed E-state index contributed by atoms with van der Waals surface area (Å²) in [5.41, 5.74) is 10.3. The van der Waals surface area contributed by atoms with Crippen LogP contribution in [0.3, 0.4) is 0 Å². The first kappa shape index (κ1) is 19.8. The van der Waals surface area contributed by atoms with Crippen molar-refractivity contribution < 1.29 is 9.47 Å². The van der Waals surface area contributed by atoms with E-state index in [1.54, 1.807) is 26.4 Å². The molecular formula is C23H22N4O2. The number of nitrogens with two attached hydrogens (primary N) is 1. The Balaban J connectivity index is 1.67. The van der Waals surface area contributed by atoms with Crippen LogP contribution in [0.2, 0.25) is 0 Å². The van der Waals surface area contributed by atoms with Crippen LogP contribution in [0.5, 0.6) is 11.5 Å². The third-order valence-corrected chi connectivity index (χ3v) is 4.40. The fourth-order valence-corrected chi connectivity index (χ4v) is 2.90. The predicted octanol–water partition coefficient (Wildman–Crippen LogP) is 4.17. The highest BCUT2D eigenvalue weighted by atomic mass is 16.5. The molecule has 29 heavy (non-hydrogen) atoms. The lowest BCUT2D eigenvalue weighted by molar-refractivity contribution is 0.355. The number of nitrogens with zero attached hydrogens (tertiary/aromatic N) is 2. The first-order valence-electron chi connectivity index (χ1n) is 9.02. The summed E-state index contributed by atoms with van der Waals surface area (Å²) < 4.78 is 10.5. The molecule has 0 unspecified atom stereocenters. The van der Waals surface area contributed by atoms with Crippen molar-refractivity contribution in [3.05, 3.63) is 77.9 Å². The maximum Gasteiger partial charge on any atom is 0.193 e. The zero-order valence-electron chi connectivity index (χ0n) is 16.3. The molecule has 0 amide bonds. The number of methoxy groups -OCH3 is 2. The Hall–Kier alpha value is -3.98. The van der Waals surface area contributed by atoms with E-state index < -0.39 is 0 Å². The molecule has 0 atom stereocenters. The molecule has 0 saturated carbocycles. The monoisotopic (exact) mass is 386 g/mol. The van der Waals surface area contributed by atoms with Crippen molar-refractivity contribution in [3.63, 3.8) is 0 Å².